The molecule has 1 aromatic rings. The molecule has 0 spiro atoms. The summed E-state index contributed by atoms with van der Waals surface area (Å²) in [5.41, 5.74) is 1.47. The normalized spacial score (nSPS) is 14.4. The number of aryl methyl sites for hydroxylation is 1. The van der Waals surface area contributed by atoms with E-state index in [-0.39, 0.29) is 0 Å². The lowest BCUT2D eigenvalue weighted by molar-refractivity contribution is 0.395. The summed E-state index contributed by atoms with van der Waals surface area (Å²) in [6.45, 7) is 8.07. The van der Waals surface area contributed by atoms with E-state index in [2.05, 4.69) is 56.4 Å². The molecule has 102 valence electrons. The quantitative estimate of drug-likeness (QED) is 0.681. The van der Waals surface area contributed by atoms with E-state index in [1.165, 1.54) is 37.7 Å². The van der Waals surface area contributed by atoms with E-state index < -0.39 is 0 Å². The third-order valence-electron chi connectivity index (χ3n) is 3.50. The van der Waals surface area contributed by atoms with Gasteiger partial charge in [-0.25, -0.2) is 0 Å². The van der Waals surface area contributed by atoms with Gasteiger partial charge in [0.15, 0.2) is 0 Å². The van der Waals surface area contributed by atoms with Gasteiger partial charge in [-0.3, -0.25) is 0 Å². The van der Waals surface area contributed by atoms with Gasteiger partial charge in [0.05, 0.1) is 0 Å². The van der Waals surface area contributed by atoms with E-state index in [1.807, 2.05) is 0 Å². The highest BCUT2D eigenvalue weighted by atomic mass is 14.9. The molecule has 0 fully saturated rings. The van der Waals surface area contributed by atoms with Crippen molar-refractivity contribution in [2.45, 2.75) is 58.9 Å². The zero-order valence-corrected chi connectivity index (χ0v) is 12.3. The van der Waals surface area contributed by atoms with Gasteiger partial charge in [0.1, 0.15) is 0 Å². The first-order valence-corrected chi connectivity index (χ1v) is 7.49. The zero-order chi connectivity index (χ0) is 13.2. The minimum Gasteiger partial charge on any atom is -0.314 e. The molecule has 1 aromatic carbocycles. The molecule has 0 aromatic heterocycles. The molecule has 0 radical (unpaired) electrons. The third-order valence-corrected chi connectivity index (χ3v) is 3.50. The predicted octanol–water partition coefficient (Wildman–Crippen LogP) is 4.42. The van der Waals surface area contributed by atoms with Crippen LogP contribution in [0.15, 0.2) is 30.3 Å². The predicted molar refractivity (Wildman–Crippen MR) is 80.9 cm³/mol. The molecule has 0 amide bonds. The second kappa shape index (κ2) is 9.16. The Morgan fingerprint density at radius 2 is 1.83 bits per heavy atom. The molecular formula is C17H29N. The SMILES string of the molecule is CCCNC(C)CC(C)CCCc1ccccc1. The van der Waals surface area contributed by atoms with Crippen LogP contribution >= 0.6 is 0 Å². The Morgan fingerprint density at radius 1 is 1.11 bits per heavy atom. The summed E-state index contributed by atoms with van der Waals surface area (Å²) in [5.74, 6) is 0.827. The number of hydrogen-bond acceptors (Lipinski definition) is 1. The van der Waals surface area contributed by atoms with Crippen LogP contribution in [-0.4, -0.2) is 12.6 Å². The molecule has 0 heterocycles. The maximum Gasteiger partial charge on any atom is 0.00412 e. The highest BCUT2D eigenvalue weighted by Crippen LogP contribution is 2.15. The van der Waals surface area contributed by atoms with Crippen molar-refractivity contribution in [2.24, 2.45) is 5.92 Å². The number of benzene rings is 1. The molecule has 0 aliphatic carbocycles. The van der Waals surface area contributed by atoms with Crippen molar-refractivity contribution in [2.75, 3.05) is 6.54 Å². The van der Waals surface area contributed by atoms with Gasteiger partial charge in [0.2, 0.25) is 0 Å². The summed E-state index contributed by atoms with van der Waals surface area (Å²) < 4.78 is 0. The molecule has 0 aliphatic heterocycles. The second-order valence-corrected chi connectivity index (χ2v) is 5.57. The monoisotopic (exact) mass is 247 g/mol. The smallest absolute Gasteiger partial charge is 0.00412 e. The van der Waals surface area contributed by atoms with Crippen molar-refractivity contribution < 1.29 is 0 Å². The number of nitrogens with one attached hydrogen (secondary N) is 1. The molecule has 1 heteroatoms. The molecule has 1 nitrogen and oxygen atoms in total. The van der Waals surface area contributed by atoms with Crippen molar-refractivity contribution >= 4 is 0 Å². The van der Waals surface area contributed by atoms with Gasteiger partial charge < -0.3 is 5.32 Å². The molecule has 1 rings (SSSR count). The molecule has 0 saturated carbocycles. The maximum absolute atomic E-state index is 3.57. The fourth-order valence-electron chi connectivity index (χ4n) is 2.49. The lowest BCUT2D eigenvalue weighted by atomic mass is 9.95. The van der Waals surface area contributed by atoms with E-state index in [0.717, 1.165) is 12.5 Å². The van der Waals surface area contributed by atoms with E-state index in [4.69, 9.17) is 0 Å². The molecule has 1 N–H and O–H groups in total. The van der Waals surface area contributed by atoms with Gasteiger partial charge in [-0.05, 0) is 50.6 Å². The molecule has 2 unspecified atom stereocenters. The van der Waals surface area contributed by atoms with E-state index in [0.29, 0.717) is 6.04 Å². The summed E-state index contributed by atoms with van der Waals surface area (Å²) in [6.07, 6.45) is 6.40. The first-order valence-electron chi connectivity index (χ1n) is 7.49. The molecule has 0 saturated heterocycles. The Balaban J connectivity index is 2.11. The first-order chi connectivity index (χ1) is 8.72. The van der Waals surface area contributed by atoms with Crippen LogP contribution in [0.3, 0.4) is 0 Å². The Kier molecular flexibility index (Phi) is 7.75. The summed E-state index contributed by atoms with van der Waals surface area (Å²) in [4.78, 5) is 0. The van der Waals surface area contributed by atoms with Crippen LogP contribution in [-0.2, 0) is 6.42 Å². The molecule has 0 bridgehead atoms. The fraction of sp³-hybridized carbons (Fsp3) is 0.647. The van der Waals surface area contributed by atoms with Gasteiger partial charge in [-0.1, -0.05) is 50.6 Å². The summed E-state index contributed by atoms with van der Waals surface area (Å²) >= 11 is 0. The van der Waals surface area contributed by atoms with Gasteiger partial charge >= 0.3 is 0 Å². The number of rotatable bonds is 9. The van der Waals surface area contributed by atoms with E-state index in [9.17, 15) is 0 Å². The molecule has 0 aliphatic rings. The Bertz CT molecular complexity index is 294. The fourth-order valence-corrected chi connectivity index (χ4v) is 2.49. The van der Waals surface area contributed by atoms with Crippen LogP contribution < -0.4 is 5.32 Å². The summed E-state index contributed by atoms with van der Waals surface area (Å²) in [5, 5.41) is 3.57. The molecule has 2 atom stereocenters. The standard InChI is InChI=1S/C17H29N/c1-4-13-18-16(3)14-15(2)9-8-12-17-10-6-5-7-11-17/h5-7,10-11,15-16,18H,4,8-9,12-14H2,1-3H3. The van der Waals surface area contributed by atoms with Crippen molar-refractivity contribution in [1.82, 2.24) is 5.32 Å². The zero-order valence-electron chi connectivity index (χ0n) is 12.3. The van der Waals surface area contributed by atoms with Crippen LogP contribution in [0.5, 0.6) is 0 Å². The second-order valence-electron chi connectivity index (χ2n) is 5.57. The van der Waals surface area contributed by atoms with Gasteiger partial charge in [0, 0.05) is 6.04 Å². The minimum atomic E-state index is 0.664. The summed E-state index contributed by atoms with van der Waals surface area (Å²) in [7, 11) is 0. The highest BCUT2D eigenvalue weighted by Gasteiger charge is 2.07. The van der Waals surface area contributed by atoms with Crippen LogP contribution in [0.25, 0.3) is 0 Å². The topological polar surface area (TPSA) is 12.0 Å². The molecule has 18 heavy (non-hydrogen) atoms. The average molecular weight is 247 g/mol. The van der Waals surface area contributed by atoms with Gasteiger partial charge in [0.25, 0.3) is 0 Å². The highest BCUT2D eigenvalue weighted by molar-refractivity contribution is 5.14. The van der Waals surface area contributed by atoms with Crippen molar-refractivity contribution in [3.8, 4) is 0 Å². The van der Waals surface area contributed by atoms with Gasteiger partial charge in [-0.15, -0.1) is 0 Å². The lowest BCUT2D eigenvalue weighted by Gasteiger charge is -2.18. The Hall–Kier alpha value is -0.820. The summed E-state index contributed by atoms with van der Waals surface area (Å²) in [6, 6.07) is 11.5. The molecular weight excluding hydrogens is 218 g/mol. The van der Waals surface area contributed by atoms with E-state index >= 15 is 0 Å². The Morgan fingerprint density at radius 3 is 2.50 bits per heavy atom. The van der Waals surface area contributed by atoms with Crippen molar-refractivity contribution in [3.63, 3.8) is 0 Å². The van der Waals surface area contributed by atoms with Crippen LogP contribution in [0.1, 0.15) is 52.0 Å². The Labute approximate surface area is 113 Å². The first kappa shape index (κ1) is 15.2. The maximum atomic E-state index is 3.57. The van der Waals surface area contributed by atoms with E-state index in [1.54, 1.807) is 0 Å². The average Bonchev–Trinajstić information content (AvgIpc) is 2.37. The van der Waals surface area contributed by atoms with Crippen molar-refractivity contribution in [3.05, 3.63) is 35.9 Å². The minimum absolute atomic E-state index is 0.664. The lowest BCUT2D eigenvalue weighted by Crippen LogP contribution is -2.28. The number of hydrogen-bond donors (Lipinski definition) is 1. The van der Waals surface area contributed by atoms with Crippen LogP contribution in [0, 0.1) is 5.92 Å². The van der Waals surface area contributed by atoms with Crippen LogP contribution in [0.4, 0.5) is 0 Å². The van der Waals surface area contributed by atoms with Gasteiger partial charge in [-0.2, -0.15) is 0 Å². The largest absolute Gasteiger partial charge is 0.314 e. The van der Waals surface area contributed by atoms with Crippen molar-refractivity contribution in [1.29, 1.82) is 0 Å². The third kappa shape index (κ3) is 6.80. The van der Waals surface area contributed by atoms with Crippen LogP contribution in [0.2, 0.25) is 0 Å².